The SMILES string of the molecule is C=C(NOCCCOc1ccc(CC(=O)OC)cc1)c1ccc(C(C)(C)C)cc1. The third-order valence-electron chi connectivity index (χ3n) is 4.45. The number of esters is 1. The fraction of sp³-hybridized carbons (Fsp3) is 0.375. The van der Waals surface area contributed by atoms with E-state index in [0.717, 1.165) is 29.0 Å². The number of hydrogen-bond donors (Lipinski definition) is 1. The second-order valence-electron chi connectivity index (χ2n) is 7.86. The van der Waals surface area contributed by atoms with Gasteiger partial charge in [-0.2, -0.15) is 0 Å². The molecule has 0 unspecified atom stereocenters. The van der Waals surface area contributed by atoms with E-state index in [2.05, 4.69) is 49.7 Å². The topological polar surface area (TPSA) is 56.8 Å². The van der Waals surface area contributed by atoms with Crippen molar-refractivity contribution in [1.29, 1.82) is 0 Å². The molecule has 0 atom stereocenters. The average molecular weight is 398 g/mol. The smallest absolute Gasteiger partial charge is 0.309 e. The van der Waals surface area contributed by atoms with Crippen LogP contribution in [0.2, 0.25) is 0 Å². The van der Waals surface area contributed by atoms with E-state index in [1.54, 1.807) is 0 Å². The van der Waals surface area contributed by atoms with E-state index < -0.39 is 0 Å². The molecule has 1 N–H and O–H groups in total. The molecule has 0 aliphatic carbocycles. The Morgan fingerprint density at radius 3 is 2.24 bits per heavy atom. The van der Waals surface area contributed by atoms with Gasteiger partial charge in [0, 0.05) is 6.42 Å². The maximum absolute atomic E-state index is 11.3. The first-order valence-corrected chi connectivity index (χ1v) is 9.76. The normalized spacial score (nSPS) is 11.0. The number of hydroxylamine groups is 1. The lowest BCUT2D eigenvalue weighted by Gasteiger charge is -2.19. The number of carbonyl (C=O) groups excluding carboxylic acids is 1. The Morgan fingerprint density at radius 1 is 1.00 bits per heavy atom. The lowest BCUT2D eigenvalue weighted by Crippen LogP contribution is -2.15. The number of methoxy groups -OCH3 is 1. The third kappa shape index (κ3) is 7.62. The molecule has 0 amide bonds. The van der Waals surface area contributed by atoms with Crippen molar-refractivity contribution in [1.82, 2.24) is 5.48 Å². The Morgan fingerprint density at radius 2 is 1.66 bits per heavy atom. The minimum atomic E-state index is -0.255. The minimum Gasteiger partial charge on any atom is -0.494 e. The van der Waals surface area contributed by atoms with Crippen molar-refractivity contribution in [2.24, 2.45) is 0 Å². The summed E-state index contributed by atoms with van der Waals surface area (Å²) < 4.78 is 10.3. The molecule has 0 spiro atoms. The minimum absolute atomic E-state index is 0.130. The second-order valence-corrected chi connectivity index (χ2v) is 7.86. The van der Waals surface area contributed by atoms with Gasteiger partial charge in [-0.3, -0.25) is 15.1 Å². The molecule has 0 radical (unpaired) electrons. The zero-order valence-electron chi connectivity index (χ0n) is 17.8. The Balaban J connectivity index is 1.64. The summed E-state index contributed by atoms with van der Waals surface area (Å²) in [6, 6.07) is 15.7. The molecule has 0 heterocycles. The summed E-state index contributed by atoms with van der Waals surface area (Å²) in [6.45, 7) is 11.6. The maximum Gasteiger partial charge on any atom is 0.309 e. The molecule has 29 heavy (non-hydrogen) atoms. The zero-order valence-corrected chi connectivity index (χ0v) is 17.8. The van der Waals surface area contributed by atoms with Crippen LogP contribution in [-0.4, -0.2) is 26.3 Å². The predicted octanol–water partition coefficient (Wildman–Crippen LogP) is 4.66. The van der Waals surface area contributed by atoms with Gasteiger partial charge in [0.1, 0.15) is 5.75 Å². The standard InChI is InChI=1S/C24H31NO4/c1-18(20-9-11-21(12-10-20)24(2,3)4)25-29-16-6-15-28-22-13-7-19(8-14-22)17-23(26)27-5/h7-14,25H,1,6,15-17H2,2-5H3. The Bertz CT molecular complexity index is 789. The van der Waals surface area contributed by atoms with Crippen molar-refractivity contribution in [3.63, 3.8) is 0 Å². The van der Waals surface area contributed by atoms with Crippen molar-refractivity contribution in [2.45, 2.75) is 39.0 Å². The molecule has 0 aromatic heterocycles. The molecule has 2 aromatic rings. The molecule has 0 fully saturated rings. The van der Waals surface area contributed by atoms with Crippen LogP contribution in [0.4, 0.5) is 0 Å². The molecule has 0 saturated heterocycles. The van der Waals surface area contributed by atoms with Crippen LogP contribution < -0.4 is 10.2 Å². The van der Waals surface area contributed by atoms with E-state index in [1.807, 2.05) is 36.4 Å². The molecular weight excluding hydrogens is 366 g/mol. The Hall–Kier alpha value is -2.79. The molecule has 2 aromatic carbocycles. The van der Waals surface area contributed by atoms with Crippen LogP contribution in [0.5, 0.6) is 5.75 Å². The lowest BCUT2D eigenvalue weighted by atomic mass is 9.86. The van der Waals surface area contributed by atoms with Crippen molar-refractivity contribution < 1.29 is 19.1 Å². The molecule has 0 aliphatic heterocycles. The summed E-state index contributed by atoms with van der Waals surface area (Å²) in [7, 11) is 1.38. The van der Waals surface area contributed by atoms with Gasteiger partial charge in [0.15, 0.2) is 0 Å². The summed E-state index contributed by atoms with van der Waals surface area (Å²) in [5, 5.41) is 0. The van der Waals surface area contributed by atoms with Gasteiger partial charge in [0.25, 0.3) is 0 Å². The highest BCUT2D eigenvalue weighted by Gasteiger charge is 2.13. The summed E-state index contributed by atoms with van der Waals surface area (Å²) >= 11 is 0. The number of ether oxygens (including phenoxy) is 2. The van der Waals surface area contributed by atoms with Crippen LogP contribution in [0.1, 0.15) is 43.9 Å². The van der Waals surface area contributed by atoms with E-state index >= 15 is 0 Å². The van der Waals surface area contributed by atoms with E-state index in [4.69, 9.17) is 9.57 Å². The van der Waals surface area contributed by atoms with Crippen molar-refractivity contribution in [2.75, 3.05) is 20.3 Å². The molecule has 5 nitrogen and oxygen atoms in total. The summed E-state index contributed by atoms with van der Waals surface area (Å²) in [5.41, 5.74) is 6.93. The van der Waals surface area contributed by atoms with Gasteiger partial charge in [-0.05, 0) is 34.2 Å². The highest BCUT2D eigenvalue weighted by atomic mass is 16.6. The lowest BCUT2D eigenvalue weighted by molar-refractivity contribution is -0.139. The van der Waals surface area contributed by atoms with Crippen molar-refractivity contribution in [3.05, 3.63) is 71.8 Å². The van der Waals surface area contributed by atoms with Crippen LogP contribution in [0, 0.1) is 0 Å². The van der Waals surface area contributed by atoms with Gasteiger partial charge in [0.2, 0.25) is 0 Å². The van der Waals surface area contributed by atoms with E-state index in [0.29, 0.717) is 13.2 Å². The molecule has 156 valence electrons. The summed E-state index contributed by atoms with van der Waals surface area (Å²) in [6.07, 6.45) is 0.992. The number of nitrogens with one attached hydrogen (secondary N) is 1. The first kappa shape index (κ1) is 22.5. The second kappa shape index (κ2) is 10.7. The monoisotopic (exact) mass is 397 g/mol. The van der Waals surface area contributed by atoms with Gasteiger partial charge >= 0.3 is 5.97 Å². The number of benzene rings is 2. The van der Waals surface area contributed by atoms with Gasteiger partial charge in [-0.25, -0.2) is 0 Å². The predicted molar refractivity (Wildman–Crippen MR) is 116 cm³/mol. The van der Waals surface area contributed by atoms with Crippen LogP contribution in [0.3, 0.4) is 0 Å². The largest absolute Gasteiger partial charge is 0.494 e. The van der Waals surface area contributed by atoms with Gasteiger partial charge < -0.3 is 9.47 Å². The number of carbonyl (C=O) groups is 1. The quantitative estimate of drug-likeness (QED) is 0.359. The first-order valence-electron chi connectivity index (χ1n) is 9.76. The number of hydrogen-bond acceptors (Lipinski definition) is 5. The fourth-order valence-electron chi connectivity index (χ4n) is 2.63. The van der Waals surface area contributed by atoms with Gasteiger partial charge in [-0.1, -0.05) is 63.7 Å². The fourth-order valence-corrected chi connectivity index (χ4v) is 2.63. The Labute approximate surface area is 173 Å². The average Bonchev–Trinajstić information content (AvgIpc) is 2.71. The molecule has 5 heteroatoms. The van der Waals surface area contributed by atoms with Crippen LogP contribution in [-0.2, 0) is 26.2 Å². The van der Waals surface area contributed by atoms with Crippen LogP contribution in [0.25, 0.3) is 5.70 Å². The molecule has 0 aliphatic rings. The van der Waals surface area contributed by atoms with Gasteiger partial charge in [-0.15, -0.1) is 0 Å². The summed E-state index contributed by atoms with van der Waals surface area (Å²) in [5.74, 6) is 0.505. The summed E-state index contributed by atoms with van der Waals surface area (Å²) in [4.78, 5) is 16.7. The first-order chi connectivity index (χ1) is 13.8. The van der Waals surface area contributed by atoms with Crippen LogP contribution >= 0.6 is 0 Å². The van der Waals surface area contributed by atoms with Crippen molar-refractivity contribution >= 4 is 11.7 Å². The maximum atomic E-state index is 11.3. The highest BCUT2D eigenvalue weighted by molar-refractivity contribution is 5.72. The van der Waals surface area contributed by atoms with Crippen LogP contribution in [0.15, 0.2) is 55.1 Å². The highest BCUT2D eigenvalue weighted by Crippen LogP contribution is 2.23. The molecule has 0 saturated carbocycles. The molecule has 0 bridgehead atoms. The van der Waals surface area contributed by atoms with Crippen molar-refractivity contribution in [3.8, 4) is 5.75 Å². The van der Waals surface area contributed by atoms with E-state index in [9.17, 15) is 4.79 Å². The zero-order chi connectivity index (χ0) is 21.3. The third-order valence-corrected chi connectivity index (χ3v) is 4.45. The number of rotatable bonds is 10. The van der Waals surface area contributed by atoms with E-state index in [-0.39, 0.29) is 17.8 Å². The van der Waals surface area contributed by atoms with E-state index in [1.165, 1.54) is 12.7 Å². The molecule has 2 rings (SSSR count). The Kier molecular flexibility index (Phi) is 8.28. The van der Waals surface area contributed by atoms with Gasteiger partial charge in [0.05, 0.1) is 32.4 Å². The molecular formula is C24H31NO4.